The van der Waals surface area contributed by atoms with Crippen molar-refractivity contribution < 1.29 is 19.5 Å². The fourth-order valence-corrected chi connectivity index (χ4v) is 5.74. The lowest BCUT2D eigenvalue weighted by molar-refractivity contribution is -0.201. The Labute approximate surface area is 171 Å². The molecule has 4 bridgehead atoms. The first-order valence-corrected chi connectivity index (χ1v) is 10.4. The van der Waals surface area contributed by atoms with Gasteiger partial charge in [-0.3, -0.25) is 24.2 Å². The van der Waals surface area contributed by atoms with E-state index in [-0.39, 0.29) is 35.7 Å². The predicted octanol–water partition coefficient (Wildman–Crippen LogP) is 2.50. The molecular formula is C22H29N3O4. The van der Waals surface area contributed by atoms with Crippen LogP contribution >= 0.6 is 0 Å². The summed E-state index contributed by atoms with van der Waals surface area (Å²) < 4.78 is 0. The highest BCUT2D eigenvalue weighted by molar-refractivity contribution is 5.93. The molecule has 7 heteroatoms. The Kier molecular flexibility index (Phi) is 4.99. The number of carbonyl (C=O) groups is 3. The van der Waals surface area contributed by atoms with Crippen LogP contribution in [0.3, 0.4) is 0 Å². The Morgan fingerprint density at radius 3 is 2.28 bits per heavy atom. The molecule has 1 aromatic carbocycles. The Morgan fingerprint density at radius 1 is 1.10 bits per heavy atom. The summed E-state index contributed by atoms with van der Waals surface area (Å²) in [6, 6.07) is 7.79. The normalized spacial score (nSPS) is 35.0. The summed E-state index contributed by atoms with van der Waals surface area (Å²) in [5.74, 6) is -0.819. The fourth-order valence-electron chi connectivity index (χ4n) is 5.74. The molecule has 156 valence electrons. The lowest BCUT2D eigenvalue weighted by atomic mass is 9.59. The first kappa shape index (κ1) is 20.0. The third-order valence-electron chi connectivity index (χ3n) is 6.62. The maximum atomic E-state index is 13.2. The summed E-state index contributed by atoms with van der Waals surface area (Å²) in [5.41, 5.74) is 1.33. The number of rotatable bonds is 7. The van der Waals surface area contributed by atoms with Gasteiger partial charge in [-0.2, -0.15) is 0 Å². The van der Waals surface area contributed by atoms with Crippen LogP contribution in [0, 0.1) is 10.8 Å². The molecule has 4 aliphatic rings. The summed E-state index contributed by atoms with van der Waals surface area (Å²) in [6.45, 7) is 7.51. The van der Waals surface area contributed by atoms with E-state index < -0.39 is 5.97 Å². The molecule has 0 aliphatic carbocycles. The number of aliphatic carboxylic acids is 1. The quantitative estimate of drug-likeness (QED) is 0.732. The average molecular weight is 399 g/mol. The molecule has 0 radical (unpaired) electrons. The van der Waals surface area contributed by atoms with Gasteiger partial charge in [0, 0.05) is 38.3 Å². The van der Waals surface area contributed by atoms with Gasteiger partial charge in [-0.25, -0.2) is 0 Å². The number of benzene rings is 1. The van der Waals surface area contributed by atoms with E-state index in [2.05, 4.69) is 29.0 Å². The molecule has 0 saturated carbocycles. The molecule has 4 fully saturated rings. The molecule has 4 aliphatic heterocycles. The molecular weight excluding hydrogens is 370 g/mol. The van der Waals surface area contributed by atoms with E-state index >= 15 is 0 Å². The van der Waals surface area contributed by atoms with E-state index in [1.54, 1.807) is 0 Å². The minimum Gasteiger partial charge on any atom is -0.481 e. The number of nitrogens with one attached hydrogen (secondary N) is 1. The van der Waals surface area contributed by atoms with Gasteiger partial charge in [0.1, 0.15) is 5.78 Å². The maximum Gasteiger partial charge on any atom is 0.303 e. The maximum absolute atomic E-state index is 13.2. The molecule has 2 atom stereocenters. The zero-order valence-electron chi connectivity index (χ0n) is 17.1. The summed E-state index contributed by atoms with van der Waals surface area (Å²) in [4.78, 5) is 40.5. The van der Waals surface area contributed by atoms with Gasteiger partial charge in [0.25, 0.3) is 0 Å². The van der Waals surface area contributed by atoms with Crippen molar-refractivity contribution in [1.29, 1.82) is 0 Å². The number of hydrogen-bond acceptors (Lipinski definition) is 5. The Hall–Kier alpha value is -2.25. The molecule has 5 rings (SSSR count). The zero-order chi connectivity index (χ0) is 20.8. The van der Waals surface area contributed by atoms with Crippen molar-refractivity contribution in [3.63, 3.8) is 0 Å². The summed E-state index contributed by atoms with van der Waals surface area (Å²) in [6.07, 6.45) is 1.92. The van der Waals surface area contributed by atoms with Gasteiger partial charge in [-0.05, 0) is 24.1 Å². The van der Waals surface area contributed by atoms with E-state index in [0.29, 0.717) is 11.5 Å². The van der Waals surface area contributed by atoms with E-state index in [1.165, 1.54) is 0 Å². The second-order valence-corrected chi connectivity index (χ2v) is 9.17. The van der Waals surface area contributed by atoms with Crippen molar-refractivity contribution in [2.24, 2.45) is 10.8 Å². The molecule has 0 aromatic heterocycles. The second-order valence-electron chi connectivity index (χ2n) is 9.17. The van der Waals surface area contributed by atoms with Crippen molar-refractivity contribution in [3.8, 4) is 0 Å². The van der Waals surface area contributed by atoms with E-state index in [9.17, 15) is 14.4 Å². The first-order chi connectivity index (χ1) is 13.8. The molecule has 2 N–H and O–H groups in total. The number of anilines is 1. The van der Waals surface area contributed by atoms with Crippen LogP contribution in [-0.2, 0) is 14.4 Å². The Bertz CT molecular complexity index is 819. The fraction of sp³-hybridized carbons (Fsp3) is 0.591. The van der Waals surface area contributed by atoms with Gasteiger partial charge in [0.15, 0.2) is 0 Å². The minimum absolute atomic E-state index is 0.0343. The van der Waals surface area contributed by atoms with Gasteiger partial charge >= 0.3 is 5.97 Å². The smallest absolute Gasteiger partial charge is 0.303 e. The third-order valence-corrected chi connectivity index (χ3v) is 6.62. The lowest BCUT2D eigenvalue weighted by Gasteiger charge is -2.65. The standard InChI is InChI=1S/C22H29N3O4/c1-3-10-22-13-24-11-21(2,20(22)29)12-25(14-22)19(24)15-4-6-16(7-5-15)23-17(26)8-9-18(27)28/h4-7,19H,3,8-14H2,1-2H3,(H,23,26)(H,27,28). The van der Waals surface area contributed by atoms with E-state index in [1.807, 2.05) is 24.3 Å². The van der Waals surface area contributed by atoms with Gasteiger partial charge in [0.2, 0.25) is 5.91 Å². The topological polar surface area (TPSA) is 89.9 Å². The zero-order valence-corrected chi connectivity index (χ0v) is 17.1. The number of nitrogens with zero attached hydrogens (tertiary/aromatic N) is 2. The molecule has 0 spiro atoms. The van der Waals surface area contributed by atoms with Gasteiger partial charge in [-0.1, -0.05) is 32.4 Å². The largest absolute Gasteiger partial charge is 0.481 e. The number of carboxylic acids is 1. The van der Waals surface area contributed by atoms with E-state index in [4.69, 9.17) is 5.11 Å². The number of carbonyl (C=O) groups excluding carboxylic acids is 2. The van der Waals surface area contributed by atoms with Crippen LogP contribution in [0.15, 0.2) is 24.3 Å². The van der Waals surface area contributed by atoms with Crippen LogP contribution in [-0.4, -0.2) is 58.7 Å². The monoisotopic (exact) mass is 399 g/mol. The first-order valence-electron chi connectivity index (χ1n) is 10.4. The van der Waals surface area contributed by atoms with Gasteiger partial charge in [0.05, 0.1) is 23.4 Å². The summed E-state index contributed by atoms with van der Waals surface area (Å²) in [5, 5.41) is 11.4. The van der Waals surface area contributed by atoms with Crippen molar-refractivity contribution in [3.05, 3.63) is 29.8 Å². The average Bonchev–Trinajstić information content (AvgIpc) is 2.65. The Balaban J connectivity index is 1.49. The number of amides is 1. The second kappa shape index (κ2) is 7.22. The molecule has 1 amide bonds. The number of carboxylic acid groups (broad SMARTS) is 1. The minimum atomic E-state index is -0.978. The third kappa shape index (κ3) is 3.46. The van der Waals surface area contributed by atoms with Crippen LogP contribution < -0.4 is 5.32 Å². The predicted molar refractivity (Wildman–Crippen MR) is 108 cm³/mol. The highest BCUT2D eigenvalue weighted by Gasteiger charge is 2.63. The summed E-state index contributed by atoms with van der Waals surface area (Å²) in [7, 11) is 0. The Morgan fingerprint density at radius 2 is 1.72 bits per heavy atom. The highest BCUT2D eigenvalue weighted by Crippen LogP contribution is 2.53. The number of hydrogen-bond donors (Lipinski definition) is 2. The van der Waals surface area contributed by atoms with Crippen molar-refractivity contribution in [2.75, 3.05) is 31.5 Å². The van der Waals surface area contributed by atoms with Crippen molar-refractivity contribution >= 4 is 23.3 Å². The van der Waals surface area contributed by atoms with Crippen LogP contribution in [0.2, 0.25) is 0 Å². The molecule has 1 aromatic rings. The SMILES string of the molecule is CCCC12CN3CC(C)(CN(C1)C3c1ccc(NC(=O)CCC(=O)O)cc1)C2=O. The molecule has 29 heavy (non-hydrogen) atoms. The molecule has 4 heterocycles. The van der Waals surface area contributed by atoms with Crippen LogP contribution in [0.4, 0.5) is 5.69 Å². The van der Waals surface area contributed by atoms with Crippen LogP contribution in [0.25, 0.3) is 0 Å². The summed E-state index contributed by atoms with van der Waals surface area (Å²) >= 11 is 0. The van der Waals surface area contributed by atoms with Crippen molar-refractivity contribution in [2.45, 2.75) is 45.7 Å². The van der Waals surface area contributed by atoms with Crippen LogP contribution in [0.5, 0.6) is 0 Å². The molecule has 7 nitrogen and oxygen atoms in total. The number of ketones is 1. The van der Waals surface area contributed by atoms with Gasteiger partial charge in [-0.15, -0.1) is 0 Å². The van der Waals surface area contributed by atoms with Crippen LogP contribution in [0.1, 0.15) is 51.3 Å². The number of Topliss-reactive ketones (excluding diaryl/α,β-unsaturated/α-hetero) is 1. The van der Waals surface area contributed by atoms with Crippen molar-refractivity contribution in [1.82, 2.24) is 9.80 Å². The van der Waals surface area contributed by atoms with Gasteiger partial charge < -0.3 is 10.4 Å². The lowest BCUT2D eigenvalue weighted by Crippen LogP contribution is -2.76. The molecule has 4 saturated heterocycles. The highest BCUT2D eigenvalue weighted by atomic mass is 16.4. The molecule has 2 unspecified atom stereocenters. The number of piperidine rings is 2. The van der Waals surface area contributed by atoms with E-state index in [0.717, 1.165) is 44.6 Å².